The topological polar surface area (TPSA) is 49.3 Å². The fourth-order valence-corrected chi connectivity index (χ4v) is 2.70. The first-order valence-electron chi connectivity index (χ1n) is 6.14. The molecule has 4 heteroatoms. The lowest BCUT2D eigenvalue weighted by Gasteiger charge is -2.14. The maximum Gasteiger partial charge on any atom is 0.220 e. The van der Waals surface area contributed by atoms with E-state index in [1.54, 1.807) is 11.3 Å². The lowest BCUT2D eigenvalue weighted by molar-refractivity contribution is -0.121. The lowest BCUT2D eigenvalue weighted by atomic mass is 10.0. The summed E-state index contributed by atoms with van der Waals surface area (Å²) < 4.78 is 0. The van der Waals surface area contributed by atoms with Gasteiger partial charge in [-0.2, -0.15) is 0 Å². The predicted octanol–water partition coefficient (Wildman–Crippen LogP) is 1.96. The predicted molar refractivity (Wildman–Crippen MR) is 69.0 cm³/mol. The first-order chi connectivity index (χ1) is 8.24. The van der Waals surface area contributed by atoms with Crippen molar-refractivity contribution in [3.8, 4) is 0 Å². The van der Waals surface area contributed by atoms with Gasteiger partial charge >= 0.3 is 0 Å². The number of aryl methyl sites for hydroxylation is 1. The van der Waals surface area contributed by atoms with E-state index in [-0.39, 0.29) is 17.9 Å². The van der Waals surface area contributed by atoms with Gasteiger partial charge in [0.25, 0.3) is 0 Å². The first-order valence-corrected chi connectivity index (χ1v) is 7.02. The zero-order chi connectivity index (χ0) is 12.1. The van der Waals surface area contributed by atoms with Crippen LogP contribution in [-0.4, -0.2) is 24.2 Å². The Kier molecular flexibility index (Phi) is 4.18. The molecular formula is C13H19NO2S. The summed E-state index contributed by atoms with van der Waals surface area (Å²) in [6.07, 6.45) is 4.49. The fraction of sp³-hybridized carbons (Fsp3) is 0.615. The van der Waals surface area contributed by atoms with Crippen LogP contribution in [0.15, 0.2) is 17.5 Å². The van der Waals surface area contributed by atoms with E-state index in [1.165, 1.54) is 4.88 Å². The highest BCUT2D eigenvalue weighted by atomic mass is 32.1. The van der Waals surface area contributed by atoms with Gasteiger partial charge in [0.05, 0.1) is 0 Å². The van der Waals surface area contributed by atoms with Gasteiger partial charge in [-0.3, -0.25) is 4.79 Å². The molecule has 3 nitrogen and oxygen atoms in total. The van der Waals surface area contributed by atoms with Gasteiger partial charge < -0.3 is 10.4 Å². The van der Waals surface area contributed by atoms with E-state index in [0.29, 0.717) is 6.42 Å². The van der Waals surface area contributed by atoms with Gasteiger partial charge in [-0.15, -0.1) is 11.3 Å². The molecule has 1 aromatic rings. The van der Waals surface area contributed by atoms with Crippen LogP contribution in [0.5, 0.6) is 0 Å². The Balaban J connectivity index is 1.64. The summed E-state index contributed by atoms with van der Waals surface area (Å²) in [5.41, 5.74) is 0.216. The number of amides is 1. The lowest BCUT2D eigenvalue weighted by Crippen LogP contribution is -2.30. The minimum Gasteiger partial charge on any atom is -0.396 e. The third-order valence-corrected chi connectivity index (χ3v) is 4.37. The van der Waals surface area contributed by atoms with Gasteiger partial charge in [0.15, 0.2) is 0 Å². The average molecular weight is 253 g/mol. The monoisotopic (exact) mass is 253 g/mol. The number of hydrogen-bond acceptors (Lipinski definition) is 3. The SMILES string of the molecule is O=C(CCc1cccs1)NCC1(CCO)CC1. The molecule has 0 atom stereocenters. The number of thiophene rings is 1. The van der Waals surface area contributed by atoms with Crippen molar-refractivity contribution in [2.75, 3.05) is 13.2 Å². The molecule has 0 bridgehead atoms. The highest BCUT2D eigenvalue weighted by Crippen LogP contribution is 2.47. The second-order valence-electron chi connectivity index (χ2n) is 4.83. The van der Waals surface area contributed by atoms with E-state index in [2.05, 4.69) is 11.4 Å². The van der Waals surface area contributed by atoms with Crippen molar-refractivity contribution in [1.82, 2.24) is 5.32 Å². The molecule has 1 saturated carbocycles. The van der Waals surface area contributed by atoms with E-state index in [9.17, 15) is 4.79 Å². The molecule has 1 aliphatic rings. The van der Waals surface area contributed by atoms with Gasteiger partial charge in [-0.1, -0.05) is 6.07 Å². The Morgan fingerprint density at radius 3 is 2.94 bits per heavy atom. The summed E-state index contributed by atoms with van der Waals surface area (Å²) in [5.74, 6) is 0.127. The molecule has 0 unspecified atom stereocenters. The van der Waals surface area contributed by atoms with E-state index < -0.39 is 0 Å². The Bertz CT molecular complexity index is 358. The van der Waals surface area contributed by atoms with E-state index >= 15 is 0 Å². The number of aliphatic hydroxyl groups is 1. The van der Waals surface area contributed by atoms with Crippen LogP contribution in [-0.2, 0) is 11.2 Å². The standard InChI is InChI=1S/C13H19NO2S/c15-8-7-13(5-6-13)10-14-12(16)4-3-11-2-1-9-17-11/h1-2,9,15H,3-8,10H2,(H,14,16). The smallest absolute Gasteiger partial charge is 0.220 e. The van der Waals surface area contributed by atoms with Gasteiger partial charge in [-0.05, 0) is 42.5 Å². The highest BCUT2D eigenvalue weighted by molar-refractivity contribution is 7.09. The largest absolute Gasteiger partial charge is 0.396 e. The van der Waals surface area contributed by atoms with Crippen LogP contribution in [0, 0.1) is 5.41 Å². The van der Waals surface area contributed by atoms with Crippen molar-refractivity contribution < 1.29 is 9.90 Å². The maximum atomic E-state index is 11.6. The third kappa shape index (κ3) is 3.82. The van der Waals surface area contributed by atoms with Crippen molar-refractivity contribution in [2.24, 2.45) is 5.41 Å². The van der Waals surface area contributed by atoms with Gasteiger partial charge in [-0.25, -0.2) is 0 Å². The molecule has 2 N–H and O–H groups in total. The van der Waals surface area contributed by atoms with Crippen molar-refractivity contribution in [3.63, 3.8) is 0 Å². The fourth-order valence-electron chi connectivity index (χ4n) is 2.00. The average Bonchev–Trinajstić information content (AvgIpc) is 2.90. The molecule has 0 aromatic carbocycles. The molecule has 1 aromatic heterocycles. The maximum absolute atomic E-state index is 11.6. The van der Waals surface area contributed by atoms with Crippen LogP contribution in [0.25, 0.3) is 0 Å². The minimum absolute atomic E-state index is 0.127. The molecule has 17 heavy (non-hydrogen) atoms. The Morgan fingerprint density at radius 2 is 2.35 bits per heavy atom. The van der Waals surface area contributed by atoms with Crippen molar-refractivity contribution >= 4 is 17.2 Å². The quantitative estimate of drug-likeness (QED) is 0.780. The zero-order valence-electron chi connectivity index (χ0n) is 9.95. The summed E-state index contributed by atoms with van der Waals surface area (Å²) in [4.78, 5) is 12.9. The first kappa shape index (κ1) is 12.6. The van der Waals surface area contributed by atoms with Crippen LogP contribution in [0.2, 0.25) is 0 Å². The van der Waals surface area contributed by atoms with E-state index in [0.717, 1.165) is 32.2 Å². The van der Waals surface area contributed by atoms with Crippen LogP contribution in [0.3, 0.4) is 0 Å². The van der Waals surface area contributed by atoms with Gasteiger partial charge in [0.1, 0.15) is 0 Å². The molecule has 2 rings (SSSR count). The second kappa shape index (κ2) is 5.65. The molecule has 1 fully saturated rings. The van der Waals surface area contributed by atoms with E-state index in [1.807, 2.05) is 11.4 Å². The zero-order valence-corrected chi connectivity index (χ0v) is 10.8. The van der Waals surface area contributed by atoms with Crippen LogP contribution >= 0.6 is 11.3 Å². The van der Waals surface area contributed by atoms with Gasteiger partial charge in [0, 0.05) is 24.4 Å². The number of carbonyl (C=O) groups excluding carboxylic acids is 1. The number of hydrogen-bond donors (Lipinski definition) is 2. The minimum atomic E-state index is 0.127. The van der Waals surface area contributed by atoms with Gasteiger partial charge in [0.2, 0.25) is 5.91 Å². The number of nitrogens with one attached hydrogen (secondary N) is 1. The van der Waals surface area contributed by atoms with Crippen LogP contribution in [0.1, 0.15) is 30.6 Å². The third-order valence-electron chi connectivity index (χ3n) is 3.44. The Hall–Kier alpha value is -0.870. The molecule has 1 aliphatic carbocycles. The molecule has 0 saturated heterocycles. The molecule has 1 heterocycles. The highest BCUT2D eigenvalue weighted by Gasteiger charge is 2.41. The van der Waals surface area contributed by atoms with Crippen molar-refractivity contribution in [2.45, 2.75) is 32.1 Å². The Morgan fingerprint density at radius 1 is 1.53 bits per heavy atom. The van der Waals surface area contributed by atoms with Crippen molar-refractivity contribution in [3.05, 3.63) is 22.4 Å². The van der Waals surface area contributed by atoms with E-state index in [4.69, 9.17) is 5.11 Å². The van der Waals surface area contributed by atoms with Crippen molar-refractivity contribution in [1.29, 1.82) is 0 Å². The normalized spacial score (nSPS) is 16.8. The summed E-state index contributed by atoms with van der Waals surface area (Å²) >= 11 is 1.70. The number of rotatable bonds is 7. The molecular weight excluding hydrogens is 234 g/mol. The number of carbonyl (C=O) groups is 1. The van der Waals surface area contributed by atoms with Crippen LogP contribution < -0.4 is 5.32 Å². The second-order valence-corrected chi connectivity index (χ2v) is 5.86. The summed E-state index contributed by atoms with van der Waals surface area (Å²) in [5, 5.41) is 13.9. The summed E-state index contributed by atoms with van der Waals surface area (Å²) in [6, 6.07) is 4.07. The molecule has 0 spiro atoms. The molecule has 94 valence electrons. The molecule has 1 amide bonds. The number of aliphatic hydroxyl groups excluding tert-OH is 1. The summed E-state index contributed by atoms with van der Waals surface area (Å²) in [6.45, 7) is 0.960. The van der Waals surface area contributed by atoms with Crippen LogP contribution in [0.4, 0.5) is 0 Å². The Labute approximate surface area is 106 Å². The molecule has 0 aliphatic heterocycles. The summed E-state index contributed by atoms with van der Waals surface area (Å²) in [7, 11) is 0. The molecule has 0 radical (unpaired) electrons.